The first-order valence-corrected chi connectivity index (χ1v) is 10.5. The first-order chi connectivity index (χ1) is 13.3. The van der Waals surface area contributed by atoms with Crippen LogP contribution < -0.4 is 0 Å². The van der Waals surface area contributed by atoms with Crippen molar-refractivity contribution in [2.75, 3.05) is 0 Å². The Morgan fingerprint density at radius 1 is 0.667 bits per heavy atom. The summed E-state index contributed by atoms with van der Waals surface area (Å²) in [6.07, 6.45) is 9.50. The van der Waals surface area contributed by atoms with E-state index in [0.717, 1.165) is 25.0 Å². The van der Waals surface area contributed by atoms with Crippen molar-refractivity contribution in [3.63, 3.8) is 0 Å². The van der Waals surface area contributed by atoms with Gasteiger partial charge in [-0.2, -0.15) is 0 Å². The second-order valence-electron chi connectivity index (χ2n) is 7.46. The number of rotatable bonds is 10. The maximum Gasteiger partial charge on any atom is 0.112 e. The molecule has 1 heterocycles. The van der Waals surface area contributed by atoms with Crippen molar-refractivity contribution in [3.05, 3.63) is 83.3 Å². The van der Waals surface area contributed by atoms with Gasteiger partial charge in [-0.05, 0) is 36.5 Å². The van der Waals surface area contributed by atoms with Crippen LogP contribution in [0.15, 0.2) is 65.1 Å². The molecule has 0 saturated carbocycles. The number of unbranched alkanes of at least 4 members (excludes halogenated alkanes) is 4. The van der Waals surface area contributed by atoms with Crippen LogP contribution in [0.3, 0.4) is 0 Å². The summed E-state index contributed by atoms with van der Waals surface area (Å²) in [5, 5.41) is 0. The van der Waals surface area contributed by atoms with E-state index in [1.54, 1.807) is 0 Å². The third-order valence-electron chi connectivity index (χ3n) is 5.37. The van der Waals surface area contributed by atoms with Gasteiger partial charge in [-0.1, -0.05) is 93.3 Å². The molecule has 0 amide bonds. The Morgan fingerprint density at radius 3 is 2.04 bits per heavy atom. The standard InChI is InChI=1S/C26H32O/c1-3-4-5-6-13-18-25-26(23-16-11-8-12-17-23)21(2)24(27-25)20-19-22-14-9-7-10-15-22/h7-12,14-17H,3-6,13,18-20H2,1-2H3. The van der Waals surface area contributed by atoms with Gasteiger partial charge in [0.15, 0.2) is 0 Å². The van der Waals surface area contributed by atoms with Gasteiger partial charge in [-0.3, -0.25) is 0 Å². The molecule has 0 atom stereocenters. The van der Waals surface area contributed by atoms with Gasteiger partial charge < -0.3 is 4.42 Å². The van der Waals surface area contributed by atoms with E-state index in [4.69, 9.17) is 4.42 Å². The molecule has 1 nitrogen and oxygen atoms in total. The van der Waals surface area contributed by atoms with Crippen molar-refractivity contribution in [2.24, 2.45) is 0 Å². The molecule has 0 saturated heterocycles. The Kier molecular flexibility index (Phi) is 7.33. The largest absolute Gasteiger partial charge is 0.465 e. The molecule has 0 aliphatic carbocycles. The summed E-state index contributed by atoms with van der Waals surface area (Å²) >= 11 is 0. The van der Waals surface area contributed by atoms with Gasteiger partial charge >= 0.3 is 0 Å². The second kappa shape index (κ2) is 10.2. The van der Waals surface area contributed by atoms with Crippen molar-refractivity contribution in [1.82, 2.24) is 0 Å². The van der Waals surface area contributed by atoms with Crippen LogP contribution in [0.25, 0.3) is 11.1 Å². The Morgan fingerprint density at radius 2 is 1.33 bits per heavy atom. The highest BCUT2D eigenvalue weighted by Gasteiger charge is 2.18. The van der Waals surface area contributed by atoms with Crippen LogP contribution in [0.4, 0.5) is 0 Å². The second-order valence-corrected chi connectivity index (χ2v) is 7.46. The molecule has 0 fully saturated rings. The van der Waals surface area contributed by atoms with Crippen molar-refractivity contribution in [1.29, 1.82) is 0 Å². The molecule has 0 unspecified atom stereocenters. The minimum atomic E-state index is 0.964. The van der Waals surface area contributed by atoms with Gasteiger partial charge in [-0.15, -0.1) is 0 Å². The van der Waals surface area contributed by atoms with Gasteiger partial charge in [0, 0.05) is 18.4 Å². The molecule has 142 valence electrons. The van der Waals surface area contributed by atoms with Crippen LogP contribution in [0.5, 0.6) is 0 Å². The molecule has 27 heavy (non-hydrogen) atoms. The van der Waals surface area contributed by atoms with Gasteiger partial charge in [0.2, 0.25) is 0 Å². The highest BCUT2D eigenvalue weighted by Crippen LogP contribution is 2.34. The molecular weight excluding hydrogens is 328 g/mol. The average molecular weight is 361 g/mol. The first-order valence-electron chi connectivity index (χ1n) is 10.5. The summed E-state index contributed by atoms with van der Waals surface area (Å²) in [7, 11) is 0. The molecule has 0 bridgehead atoms. The number of hydrogen-bond donors (Lipinski definition) is 0. The predicted octanol–water partition coefficient (Wildman–Crippen LogP) is 7.55. The predicted molar refractivity (Wildman–Crippen MR) is 115 cm³/mol. The van der Waals surface area contributed by atoms with E-state index < -0.39 is 0 Å². The molecule has 0 aliphatic heterocycles. The fourth-order valence-electron chi connectivity index (χ4n) is 3.81. The van der Waals surface area contributed by atoms with Crippen molar-refractivity contribution in [2.45, 2.75) is 65.2 Å². The van der Waals surface area contributed by atoms with Crippen LogP contribution in [0.1, 0.15) is 61.7 Å². The van der Waals surface area contributed by atoms with Gasteiger partial charge in [0.1, 0.15) is 11.5 Å². The first kappa shape index (κ1) is 19.5. The van der Waals surface area contributed by atoms with Crippen molar-refractivity contribution < 1.29 is 4.42 Å². The van der Waals surface area contributed by atoms with E-state index >= 15 is 0 Å². The van der Waals surface area contributed by atoms with Crippen LogP contribution >= 0.6 is 0 Å². The normalized spacial score (nSPS) is 11.0. The van der Waals surface area contributed by atoms with E-state index in [0.29, 0.717) is 0 Å². The third-order valence-corrected chi connectivity index (χ3v) is 5.37. The van der Waals surface area contributed by atoms with Gasteiger partial charge in [0.05, 0.1) is 0 Å². The lowest BCUT2D eigenvalue weighted by Gasteiger charge is -2.04. The van der Waals surface area contributed by atoms with E-state index in [9.17, 15) is 0 Å². The van der Waals surface area contributed by atoms with Crippen molar-refractivity contribution in [3.8, 4) is 11.1 Å². The Hall–Kier alpha value is -2.28. The SMILES string of the molecule is CCCCCCCc1oc(CCc2ccccc2)c(C)c1-c1ccccc1. The number of aryl methyl sites for hydroxylation is 3. The van der Waals surface area contributed by atoms with E-state index in [1.807, 2.05) is 0 Å². The topological polar surface area (TPSA) is 13.1 Å². The zero-order chi connectivity index (χ0) is 18.9. The summed E-state index contributed by atoms with van der Waals surface area (Å²) in [5.74, 6) is 2.33. The Bertz CT molecular complexity index is 799. The zero-order valence-corrected chi connectivity index (χ0v) is 16.8. The highest BCUT2D eigenvalue weighted by atomic mass is 16.3. The fraction of sp³-hybridized carbons (Fsp3) is 0.385. The Labute approximate surface area is 164 Å². The lowest BCUT2D eigenvalue weighted by Crippen LogP contribution is -1.91. The van der Waals surface area contributed by atoms with Crippen LogP contribution in [-0.2, 0) is 19.3 Å². The molecule has 1 heteroatoms. The molecule has 0 N–H and O–H groups in total. The van der Waals surface area contributed by atoms with Gasteiger partial charge in [0.25, 0.3) is 0 Å². The lowest BCUT2D eigenvalue weighted by atomic mass is 9.97. The van der Waals surface area contributed by atoms with Crippen molar-refractivity contribution >= 4 is 0 Å². The van der Waals surface area contributed by atoms with Crippen LogP contribution in [0, 0.1) is 6.92 Å². The quantitative estimate of drug-likeness (QED) is 0.340. The summed E-state index contributed by atoms with van der Waals surface area (Å²) in [6.45, 7) is 4.50. The highest BCUT2D eigenvalue weighted by molar-refractivity contribution is 5.70. The number of furan rings is 1. The number of hydrogen-bond acceptors (Lipinski definition) is 1. The summed E-state index contributed by atoms with van der Waals surface area (Å²) in [5.41, 5.74) is 5.30. The summed E-state index contributed by atoms with van der Waals surface area (Å²) in [6, 6.07) is 21.4. The smallest absolute Gasteiger partial charge is 0.112 e. The van der Waals surface area contributed by atoms with Crippen LogP contribution in [0.2, 0.25) is 0 Å². The summed E-state index contributed by atoms with van der Waals surface area (Å²) < 4.78 is 6.43. The molecular formula is C26H32O. The third kappa shape index (κ3) is 5.35. The van der Waals surface area contributed by atoms with E-state index in [2.05, 4.69) is 74.5 Å². The lowest BCUT2D eigenvalue weighted by molar-refractivity contribution is 0.453. The van der Waals surface area contributed by atoms with E-state index in [-0.39, 0.29) is 0 Å². The average Bonchev–Trinajstić information content (AvgIpc) is 3.03. The maximum absolute atomic E-state index is 6.43. The monoisotopic (exact) mass is 360 g/mol. The van der Waals surface area contributed by atoms with E-state index in [1.165, 1.54) is 60.1 Å². The molecule has 0 aliphatic rings. The fourth-order valence-corrected chi connectivity index (χ4v) is 3.81. The zero-order valence-electron chi connectivity index (χ0n) is 16.8. The molecule has 2 aromatic carbocycles. The Balaban J connectivity index is 1.77. The minimum absolute atomic E-state index is 0.964. The minimum Gasteiger partial charge on any atom is -0.465 e. The van der Waals surface area contributed by atoms with Crippen LogP contribution in [-0.4, -0.2) is 0 Å². The molecule has 0 spiro atoms. The molecule has 1 aromatic heterocycles. The number of benzene rings is 2. The van der Waals surface area contributed by atoms with Gasteiger partial charge in [-0.25, -0.2) is 0 Å². The molecule has 3 aromatic rings. The molecule has 3 rings (SSSR count). The maximum atomic E-state index is 6.43. The summed E-state index contributed by atoms with van der Waals surface area (Å²) in [4.78, 5) is 0. The molecule has 0 radical (unpaired) electrons.